The van der Waals surface area contributed by atoms with Gasteiger partial charge in [0, 0.05) is 25.0 Å². The molecule has 0 aliphatic carbocycles. The van der Waals surface area contributed by atoms with Crippen molar-refractivity contribution < 1.29 is 13.5 Å². The van der Waals surface area contributed by atoms with Gasteiger partial charge in [0.2, 0.25) is 5.95 Å². The van der Waals surface area contributed by atoms with E-state index in [1.165, 1.54) is 12.4 Å². The van der Waals surface area contributed by atoms with E-state index in [9.17, 15) is 4.39 Å². The molecule has 25 heavy (non-hydrogen) atoms. The van der Waals surface area contributed by atoms with Gasteiger partial charge in [-0.25, -0.2) is 14.4 Å². The third-order valence-corrected chi connectivity index (χ3v) is 5.03. The third kappa shape index (κ3) is 3.82. The quantitative estimate of drug-likeness (QED) is 0.850. The Morgan fingerprint density at radius 3 is 2.88 bits per heavy atom. The van der Waals surface area contributed by atoms with Gasteiger partial charge in [0.1, 0.15) is 5.76 Å². The number of hydrogen-bond acceptors (Lipinski definition) is 6. The molecule has 2 aliphatic heterocycles. The number of halogens is 1. The van der Waals surface area contributed by atoms with Gasteiger partial charge < -0.3 is 14.1 Å². The lowest BCUT2D eigenvalue weighted by Crippen LogP contribution is -2.50. The molecule has 6 nitrogen and oxygen atoms in total. The SMILES string of the molecule is Fc1cnc(N2CCOC[C@]3(CCCN(Cc4ccco4)C3)C2)nc1. The summed E-state index contributed by atoms with van der Waals surface area (Å²) in [5.41, 5.74) is 0.0408. The van der Waals surface area contributed by atoms with Crippen LogP contribution in [0.25, 0.3) is 0 Å². The summed E-state index contributed by atoms with van der Waals surface area (Å²) in [7, 11) is 0. The fourth-order valence-corrected chi connectivity index (χ4v) is 3.95. The first-order chi connectivity index (χ1) is 12.2. The van der Waals surface area contributed by atoms with Gasteiger partial charge in [0.25, 0.3) is 0 Å². The molecule has 0 saturated carbocycles. The summed E-state index contributed by atoms with van der Waals surface area (Å²) in [5.74, 6) is 1.16. The predicted molar refractivity (Wildman–Crippen MR) is 90.7 cm³/mol. The average molecular weight is 346 g/mol. The van der Waals surface area contributed by atoms with E-state index in [0.29, 0.717) is 12.6 Å². The Bertz CT molecular complexity index is 679. The minimum atomic E-state index is -0.410. The van der Waals surface area contributed by atoms with Crippen molar-refractivity contribution in [2.45, 2.75) is 19.4 Å². The van der Waals surface area contributed by atoms with Crippen LogP contribution in [0.5, 0.6) is 0 Å². The van der Waals surface area contributed by atoms with Gasteiger partial charge in [-0.1, -0.05) is 0 Å². The Kier molecular flexibility index (Phi) is 4.67. The van der Waals surface area contributed by atoms with Crippen molar-refractivity contribution in [1.29, 1.82) is 0 Å². The number of piperidine rings is 1. The number of rotatable bonds is 3. The summed E-state index contributed by atoms with van der Waals surface area (Å²) in [4.78, 5) is 12.9. The van der Waals surface area contributed by atoms with Crippen LogP contribution in [-0.2, 0) is 11.3 Å². The highest BCUT2D eigenvalue weighted by Gasteiger charge is 2.39. The van der Waals surface area contributed by atoms with Crippen LogP contribution in [0.15, 0.2) is 35.2 Å². The van der Waals surface area contributed by atoms with Gasteiger partial charge in [0.05, 0.1) is 38.4 Å². The van der Waals surface area contributed by atoms with Crippen molar-refractivity contribution in [3.05, 3.63) is 42.4 Å². The molecule has 0 bridgehead atoms. The van der Waals surface area contributed by atoms with E-state index in [-0.39, 0.29) is 5.41 Å². The zero-order valence-electron chi connectivity index (χ0n) is 14.2. The van der Waals surface area contributed by atoms with Crippen LogP contribution < -0.4 is 4.90 Å². The fraction of sp³-hybridized carbons (Fsp3) is 0.556. The van der Waals surface area contributed by atoms with Gasteiger partial charge in [-0.15, -0.1) is 0 Å². The van der Waals surface area contributed by atoms with Crippen LogP contribution in [-0.4, -0.2) is 54.3 Å². The van der Waals surface area contributed by atoms with Crippen LogP contribution in [0.4, 0.5) is 10.3 Å². The van der Waals surface area contributed by atoms with Crippen molar-refractivity contribution in [1.82, 2.24) is 14.9 Å². The van der Waals surface area contributed by atoms with Gasteiger partial charge in [-0.2, -0.15) is 0 Å². The maximum Gasteiger partial charge on any atom is 0.225 e. The first-order valence-corrected chi connectivity index (χ1v) is 8.77. The molecule has 4 heterocycles. The summed E-state index contributed by atoms with van der Waals surface area (Å²) in [6.45, 7) is 5.77. The van der Waals surface area contributed by atoms with E-state index in [2.05, 4.69) is 19.8 Å². The molecule has 0 unspecified atom stereocenters. The number of hydrogen-bond donors (Lipinski definition) is 0. The Balaban J connectivity index is 1.49. The van der Waals surface area contributed by atoms with E-state index in [4.69, 9.17) is 9.15 Å². The fourth-order valence-electron chi connectivity index (χ4n) is 3.95. The third-order valence-electron chi connectivity index (χ3n) is 5.03. The number of anilines is 1. The largest absolute Gasteiger partial charge is 0.468 e. The van der Waals surface area contributed by atoms with Crippen LogP contribution >= 0.6 is 0 Å². The van der Waals surface area contributed by atoms with Gasteiger partial charge >= 0.3 is 0 Å². The van der Waals surface area contributed by atoms with Gasteiger partial charge in [-0.3, -0.25) is 4.90 Å². The predicted octanol–water partition coefficient (Wildman–Crippen LogP) is 2.33. The summed E-state index contributed by atoms with van der Waals surface area (Å²) >= 11 is 0. The lowest BCUT2D eigenvalue weighted by molar-refractivity contribution is 0.00877. The number of ether oxygens (including phenoxy) is 1. The molecule has 0 radical (unpaired) electrons. The topological polar surface area (TPSA) is 54.6 Å². The molecule has 2 aromatic rings. The molecule has 7 heteroatoms. The normalized spacial score (nSPS) is 25.2. The van der Waals surface area contributed by atoms with E-state index >= 15 is 0 Å². The molecule has 4 rings (SSSR count). The zero-order chi connectivity index (χ0) is 17.1. The number of nitrogens with zero attached hydrogens (tertiary/aromatic N) is 4. The van der Waals surface area contributed by atoms with Crippen LogP contribution in [0.3, 0.4) is 0 Å². The second-order valence-corrected chi connectivity index (χ2v) is 7.07. The van der Waals surface area contributed by atoms with Crippen molar-refractivity contribution in [2.75, 3.05) is 44.3 Å². The second-order valence-electron chi connectivity index (χ2n) is 7.07. The molecule has 2 aliphatic rings. The van der Waals surface area contributed by atoms with Crippen LogP contribution in [0, 0.1) is 11.2 Å². The average Bonchev–Trinajstić information content (AvgIpc) is 3.04. The summed E-state index contributed by atoms with van der Waals surface area (Å²) < 4.78 is 24.6. The smallest absolute Gasteiger partial charge is 0.225 e. The zero-order valence-corrected chi connectivity index (χ0v) is 14.2. The maximum absolute atomic E-state index is 13.1. The highest BCUT2D eigenvalue weighted by Crippen LogP contribution is 2.34. The molecule has 1 spiro atoms. The van der Waals surface area contributed by atoms with Crippen molar-refractivity contribution in [3.63, 3.8) is 0 Å². The number of likely N-dealkylation sites (tertiary alicyclic amines) is 1. The number of furan rings is 1. The molecular formula is C18H23FN4O2. The Morgan fingerprint density at radius 2 is 2.08 bits per heavy atom. The van der Waals surface area contributed by atoms with Crippen molar-refractivity contribution >= 4 is 5.95 Å². The van der Waals surface area contributed by atoms with Crippen LogP contribution in [0.1, 0.15) is 18.6 Å². The van der Waals surface area contributed by atoms with Crippen LogP contribution in [0.2, 0.25) is 0 Å². The second kappa shape index (κ2) is 7.09. The number of aromatic nitrogens is 2. The molecule has 0 amide bonds. The molecular weight excluding hydrogens is 323 g/mol. The molecule has 0 N–H and O–H groups in total. The summed E-state index contributed by atoms with van der Waals surface area (Å²) in [6.07, 6.45) is 6.41. The summed E-state index contributed by atoms with van der Waals surface area (Å²) in [6, 6.07) is 3.95. The van der Waals surface area contributed by atoms with Gasteiger partial charge in [-0.05, 0) is 31.5 Å². The first-order valence-electron chi connectivity index (χ1n) is 8.77. The Morgan fingerprint density at radius 1 is 1.20 bits per heavy atom. The van der Waals surface area contributed by atoms with E-state index in [1.807, 2.05) is 12.1 Å². The van der Waals surface area contributed by atoms with E-state index < -0.39 is 5.82 Å². The first kappa shape index (κ1) is 16.5. The molecule has 2 aromatic heterocycles. The minimum Gasteiger partial charge on any atom is -0.468 e. The summed E-state index contributed by atoms with van der Waals surface area (Å²) in [5, 5.41) is 0. The van der Waals surface area contributed by atoms with Gasteiger partial charge in [0.15, 0.2) is 5.82 Å². The molecule has 134 valence electrons. The lowest BCUT2D eigenvalue weighted by Gasteiger charge is -2.43. The molecule has 1 atom stereocenters. The molecule has 2 saturated heterocycles. The molecule has 2 fully saturated rings. The highest BCUT2D eigenvalue weighted by molar-refractivity contribution is 5.30. The minimum absolute atomic E-state index is 0.0408. The Hall–Kier alpha value is -1.99. The van der Waals surface area contributed by atoms with E-state index in [0.717, 1.165) is 57.9 Å². The standard InChI is InChI=1S/C18H23FN4O2/c19-15-9-20-17(21-10-15)23-6-8-24-14-18(13-23)4-2-5-22(12-18)11-16-3-1-7-25-16/h1,3,7,9-10H,2,4-6,8,11-14H2/t18-/m0/s1. The lowest BCUT2D eigenvalue weighted by atomic mass is 9.80. The molecule has 0 aromatic carbocycles. The van der Waals surface area contributed by atoms with Crippen molar-refractivity contribution in [3.8, 4) is 0 Å². The van der Waals surface area contributed by atoms with E-state index in [1.54, 1.807) is 6.26 Å². The Labute approximate surface area is 146 Å². The maximum atomic E-state index is 13.1. The van der Waals surface area contributed by atoms with Crippen molar-refractivity contribution in [2.24, 2.45) is 5.41 Å². The highest BCUT2D eigenvalue weighted by atomic mass is 19.1. The monoisotopic (exact) mass is 346 g/mol.